The van der Waals surface area contributed by atoms with Crippen molar-refractivity contribution in [1.82, 2.24) is 14.7 Å². The van der Waals surface area contributed by atoms with E-state index in [9.17, 15) is 31.1 Å². The van der Waals surface area contributed by atoms with Crippen LogP contribution in [0.25, 0.3) is 0 Å². The lowest BCUT2D eigenvalue weighted by atomic mass is 9.98. The maximum absolute atomic E-state index is 13.8. The fraction of sp³-hybridized carbons (Fsp3) is 0.618. The quantitative estimate of drug-likeness (QED) is 0.144. The maximum atomic E-state index is 13.8. The first kappa shape index (κ1) is 38.8. The molecule has 15 heteroatoms. The number of nitrogens with zero attached hydrogens (tertiary/aromatic N) is 3. The third kappa shape index (κ3) is 11.5. The third-order valence-electron chi connectivity index (χ3n) is 8.64. The Labute approximate surface area is 283 Å². The minimum Gasteiger partial charge on any atom is -0.467 e. The number of halogens is 6. The van der Waals surface area contributed by atoms with Crippen molar-refractivity contribution >= 4 is 5.91 Å². The number of morpholine rings is 1. The van der Waals surface area contributed by atoms with E-state index in [1.54, 1.807) is 14.2 Å². The molecular formula is C34H45F6N3O6. The van der Waals surface area contributed by atoms with Crippen molar-refractivity contribution in [2.24, 2.45) is 0 Å². The lowest BCUT2D eigenvalue weighted by Crippen LogP contribution is -2.56. The Kier molecular flexibility index (Phi) is 14.1. The highest BCUT2D eigenvalue weighted by atomic mass is 19.4. The number of benzene rings is 2. The van der Waals surface area contributed by atoms with Gasteiger partial charge < -0.3 is 28.6 Å². The summed E-state index contributed by atoms with van der Waals surface area (Å²) in [7, 11) is 3.19. The molecule has 49 heavy (non-hydrogen) atoms. The number of amides is 1. The minimum absolute atomic E-state index is 0.00620. The number of piperazine rings is 1. The zero-order chi connectivity index (χ0) is 35.6. The fourth-order valence-corrected chi connectivity index (χ4v) is 6.10. The molecule has 2 saturated heterocycles. The van der Waals surface area contributed by atoms with Crippen LogP contribution in [-0.4, -0.2) is 126 Å². The molecule has 0 N–H and O–H groups in total. The number of methoxy groups -OCH3 is 2. The summed E-state index contributed by atoms with van der Waals surface area (Å²) in [5.41, 5.74) is -2.06. The largest absolute Gasteiger partial charge is 0.467 e. The highest BCUT2D eigenvalue weighted by Crippen LogP contribution is 2.37. The van der Waals surface area contributed by atoms with Crippen molar-refractivity contribution in [2.75, 3.05) is 93.3 Å². The van der Waals surface area contributed by atoms with E-state index in [0.29, 0.717) is 70.4 Å². The average Bonchev–Trinajstić information content (AvgIpc) is 3.05. The summed E-state index contributed by atoms with van der Waals surface area (Å²) in [6.07, 6.45) is -8.99. The van der Waals surface area contributed by atoms with Gasteiger partial charge in [0.15, 0.2) is 6.79 Å². The number of rotatable bonds is 15. The number of alkyl halides is 6. The standard InChI is InChI=1S/C34H45F6N3O6/c1-24-5-6-25(16-31(24)49-23-47-14-13-45-2)15-29-20-41(7-4-8-42-11-12-48-30(21-42)22-46-3)9-10-43(29)32(44)26-17-27(33(35,36)37)19-28(18-26)34(38,39)40/h5-6,16-19,29-30H,4,7-15,20-23H2,1-3H3/t29-,30+/m1/s1. The molecule has 2 fully saturated rings. The van der Waals surface area contributed by atoms with Crippen molar-refractivity contribution in [3.8, 4) is 5.75 Å². The van der Waals surface area contributed by atoms with Gasteiger partial charge in [0, 0.05) is 58.5 Å². The van der Waals surface area contributed by atoms with Crippen molar-refractivity contribution in [2.45, 2.75) is 44.3 Å². The van der Waals surface area contributed by atoms with Crippen molar-refractivity contribution in [1.29, 1.82) is 0 Å². The number of hydrogen-bond acceptors (Lipinski definition) is 8. The van der Waals surface area contributed by atoms with E-state index in [-0.39, 0.29) is 25.5 Å². The molecule has 0 spiro atoms. The van der Waals surface area contributed by atoms with E-state index in [0.717, 1.165) is 37.2 Å². The average molecular weight is 706 g/mol. The van der Waals surface area contributed by atoms with Crippen LogP contribution in [0.2, 0.25) is 0 Å². The number of aryl methyl sites for hydroxylation is 1. The van der Waals surface area contributed by atoms with Crippen LogP contribution in [0.1, 0.15) is 39.0 Å². The zero-order valence-corrected chi connectivity index (χ0v) is 28.1. The molecule has 0 aromatic heterocycles. The Morgan fingerprint density at radius 1 is 0.878 bits per heavy atom. The Balaban J connectivity index is 1.53. The van der Waals surface area contributed by atoms with Crippen molar-refractivity contribution in [3.63, 3.8) is 0 Å². The fourth-order valence-electron chi connectivity index (χ4n) is 6.10. The number of hydrogen-bond donors (Lipinski definition) is 0. The van der Waals surface area contributed by atoms with Crippen LogP contribution in [0, 0.1) is 6.92 Å². The molecule has 274 valence electrons. The monoisotopic (exact) mass is 705 g/mol. The third-order valence-corrected chi connectivity index (χ3v) is 8.64. The van der Waals surface area contributed by atoms with E-state index in [1.165, 1.54) is 4.90 Å². The molecule has 0 radical (unpaired) electrons. The van der Waals surface area contributed by atoms with Gasteiger partial charge in [-0.05, 0) is 68.2 Å². The van der Waals surface area contributed by atoms with E-state index >= 15 is 0 Å². The molecule has 2 atom stereocenters. The summed E-state index contributed by atoms with van der Waals surface area (Å²) in [6, 6.07) is 6.05. The smallest absolute Gasteiger partial charge is 0.416 e. The van der Waals surface area contributed by atoms with Gasteiger partial charge in [-0.1, -0.05) is 12.1 Å². The maximum Gasteiger partial charge on any atom is 0.416 e. The molecule has 0 unspecified atom stereocenters. The van der Waals surface area contributed by atoms with Gasteiger partial charge in [-0.3, -0.25) is 14.6 Å². The second-order valence-electron chi connectivity index (χ2n) is 12.3. The lowest BCUT2D eigenvalue weighted by molar-refractivity contribution is -0.143. The number of carbonyl (C=O) groups is 1. The first-order valence-corrected chi connectivity index (χ1v) is 16.2. The zero-order valence-electron chi connectivity index (χ0n) is 28.1. The van der Waals surface area contributed by atoms with Crippen molar-refractivity contribution < 1.29 is 54.8 Å². The van der Waals surface area contributed by atoms with Gasteiger partial charge in [-0.15, -0.1) is 0 Å². The number of carbonyl (C=O) groups excluding carboxylic acids is 1. The van der Waals surface area contributed by atoms with Gasteiger partial charge in [0.05, 0.1) is 43.7 Å². The SMILES string of the molecule is COCCOCOc1cc(C[C@@H]2CN(CCCN3CCO[C@H](COC)C3)CCN2C(=O)c2cc(C(F)(F)F)cc(C(F)(F)F)c2)ccc1C. The van der Waals surface area contributed by atoms with Gasteiger partial charge in [0.1, 0.15) is 5.75 Å². The highest BCUT2D eigenvalue weighted by molar-refractivity contribution is 5.95. The molecule has 2 aliphatic heterocycles. The highest BCUT2D eigenvalue weighted by Gasteiger charge is 2.39. The summed E-state index contributed by atoms with van der Waals surface area (Å²) in [5, 5.41) is 0. The minimum atomic E-state index is -5.07. The van der Waals surface area contributed by atoms with E-state index in [4.69, 9.17) is 23.7 Å². The predicted octanol–water partition coefficient (Wildman–Crippen LogP) is 5.14. The Hall–Kier alpha value is -2.95. The molecule has 2 aromatic rings. The molecular weight excluding hydrogens is 660 g/mol. The topological polar surface area (TPSA) is 72.9 Å². The van der Waals surface area contributed by atoms with Gasteiger partial charge >= 0.3 is 12.4 Å². The summed E-state index contributed by atoms with van der Waals surface area (Å²) < 4.78 is 109. The van der Waals surface area contributed by atoms with Crippen LogP contribution in [-0.2, 0) is 37.7 Å². The van der Waals surface area contributed by atoms with Gasteiger partial charge in [0.2, 0.25) is 0 Å². The summed E-state index contributed by atoms with van der Waals surface area (Å²) in [4.78, 5) is 19.7. The second kappa shape index (κ2) is 17.8. The normalized spacial score (nSPS) is 19.7. The van der Waals surface area contributed by atoms with Gasteiger partial charge in [-0.2, -0.15) is 26.3 Å². The summed E-state index contributed by atoms with van der Waals surface area (Å²) in [5.74, 6) is -0.320. The van der Waals surface area contributed by atoms with Crippen molar-refractivity contribution in [3.05, 3.63) is 64.2 Å². The van der Waals surface area contributed by atoms with Gasteiger partial charge in [-0.25, -0.2) is 0 Å². The Morgan fingerprint density at radius 2 is 1.57 bits per heavy atom. The molecule has 2 heterocycles. The first-order valence-electron chi connectivity index (χ1n) is 16.2. The molecule has 0 saturated carbocycles. The van der Waals surface area contributed by atoms with E-state index in [2.05, 4.69) is 9.80 Å². The van der Waals surface area contributed by atoms with Crippen LogP contribution in [0.15, 0.2) is 36.4 Å². The molecule has 1 amide bonds. The van der Waals surface area contributed by atoms with Crippen LogP contribution in [0.3, 0.4) is 0 Å². The van der Waals surface area contributed by atoms with E-state index < -0.39 is 41.0 Å². The second-order valence-corrected chi connectivity index (χ2v) is 12.3. The molecule has 0 bridgehead atoms. The van der Waals surface area contributed by atoms with E-state index in [1.807, 2.05) is 25.1 Å². The van der Waals surface area contributed by atoms with Crippen LogP contribution in [0.4, 0.5) is 26.3 Å². The summed E-state index contributed by atoms with van der Waals surface area (Å²) >= 11 is 0. The van der Waals surface area contributed by atoms with Crippen LogP contribution >= 0.6 is 0 Å². The van der Waals surface area contributed by atoms with Crippen LogP contribution < -0.4 is 4.74 Å². The lowest BCUT2D eigenvalue weighted by Gasteiger charge is -2.42. The molecule has 4 rings (SSSR count). The van der Waals surface area contributed by atoms with Crippen LogP contribution in [0.5, 0.6) is 5.75 Å². The first-order chi connectivity index (χ1) is 23.3. The van der Waals surface area contributed by atoms with Gasteiger partial charge in [0.25, 0.3) is 5.91 Å². The molecule has 0 aliphatic carbocycles. The summed E-state index contributed by atoms with van der Waals surface area (Å²) in [6.45, 7) is 7.75. The molecule has 2 aromatic carbocycles. The molecule has 9 nitrogen and oxygen atoms in total. The Bertz CT molecular complexity index is 1330. The molecule has 2 aliphatic rings. The predicted molar refractivity (Wildman–Crippen MR) is 169 cm³/mol. The Morgan fingerprint density at radius 3 is 2.22 bits per heavy atom. The number of ether oxygens (including phenoxy) is 5.